The molecule has 0 amide bonds. The third kappa shape index (κ3) is 3.10. The van der Waals surface area contributed by atoms with Crippen molar-refractivity contribution in [1.29, 1.82) is 0 Å². The van der Waals surface area contributed by atoms with Crippen LogP contribution in [-0.2, 0) is 18.8 Å². The largest absolute Gasteiger partial charge is 0.314 e. The van der Waals surface area contributed by atoms with Gasteiger partial charge in [-0.05, 0) is 18.1 Å². The van der Waals surface area contributed by atoms with Crippen LogP contribution in [0.15, 0.2) is 18.2 Å². The molecule has 0 fully saturated rings. The molecule has 0 spiro atoms. The molecule has 0 saturated heterocycles. The van der Waals surface area contributed by atoms with Crippen molar-refractivity contribution in [2.24, 2.45) is 0 Å². The molecule has 0 saturated carbocycles. The van der Waals surface area contributed by atoms with Crippen LogP contribution in [0, 0.1) is 11.6 Å². The minimum absolute atomic E-state index is 0.263. The van der Waals surface area contributed by atoms with E-state index in [9.17, 15) is 8.78 Å². The number of benzene rings is 1. The van der Waals surface area contributed by atoms with E-state index in [2.05, 4.69) is 10.2 Å². The van der Waals surface area contributed by atoms with Crippen molar-refractivity contribution in [3.05, 3.63) is 47.0 Å². The van der Waals surface area contributed by atoms with E-state index < -0.39 is 11.6 Å². The van der Waals surface area contributed by atoms with Crippen LogP contribution < -0.4 is 0 Å². The van der Waals surface area contributed by atoms with Crippen LogP contribution in [0.4, 0.5) is 8.78 Å². The molecule has 0 aliphatic heterocycles. The quantitative estimate of drug-likeness (QED) is 0.789. The predicted molar refractivity (Wildman–Crippen MR) is 69.0 cm³/mol. The Kier molecular flexibility index (Phi) is 4.47. The van der Waals surface area contributed by atoms with E-state index >= 15 is 0 Å². The molecule has 1 aromatic carbocycles. The van der Waals surface area contributed by atoms with Gasteiger partial charge in [0.1, 0.15) is 23.3 Å². The molecule has 0 N–H and O–H groups in total. The summed E-state index contributed by atoms with van der Waals surface area (Å²) in [5.74, 6) is 0.416. The second-order valence-electron chi connectivity index (χ2n) is 4.23. The molecule has 1 heterocycles. The van der Waals surface area contributed by atoms with E-state index in [4.69, 9.17) is 11.6 Å². The lowest BCUT2D eigenvalue weighted by Crippen LogP contribution is -2.08. The third-order valence-electron chi connectivity index (χ3n) is 2.83. The van der Waals surface area contributed by atoms with Crippen molar-refractivity contribution in [3.8, 4) is 0 Å². The molecule has 0 radical (unpaired) electrons. The van der Waals surface area contributed by atoms with Gasteiger partial charge in [0.05, 0.1) is 5.88 Å². The lowest BCUT2D eigenvalue weighted by Gasteiger charge is -2.08. The monoisotopic (exact) mass is 285 g/mol. The summed E-state index contributed by atoms with van der Waals surface area (Å²) >= 11 is 5.79. The Morgan fingerprint density at radius 3 is 2.58 bits per heavy atom. The molecular formula is C13H14ClF2N3. The SMILES string of the molecule is CCCn1c(CCl)nnc1Cc1ccc(F)cc1F. The van der Waals surface area contributed by atoms with Gasteiger partial charge < -0.3 is 4.57 Å². The molecule has 0 atom stereocenters. The number of hydrogen-bond acceptors (Lipinski definition) is 2. The summed E-state index contributed by atoms with van der Waals surface area (Å²) in [7, 11) is 0. The van der Waals surface area contributed by atoms with E-state index in [-0.39, 0.29) is 12.3 Å². The van der Waals surface area contributed by atoms with Crippen LogP contribution in [0.5, 0.6) is 0 Å². The van der Waals surface area contributed by atoms with Crippen LogP contribution in [-0.4, -0.2) is 14.8 Å². The Morgan fingerprint density at radius 2 is 1.95 bits per heavy atom. The number of nitrogens with zero attached hydrogens (tertiary/aromatic N) is 3. The van der Waals surface area contributed by atoms with E-state index in [1.807, 2.05) is 11.5 Å². The number of alkyl halides is 1. The first-order valence-electron chi connectivity index (χ1n) is 6.06. The van der Waals surface area contributed by atoms with Crippen molar-refractivity contribution in [1.82, 2.24) is 14.8 Å². The maximum absolute atomic E-state index is 13.6. The van der Waals surface area contributed by atoms with Gasteiger partial charge in [-0.3, -0.25) is 0 Å². The molecule has 3 nitrogen and oxygen atoms in total. The van der Waals surface area contributed by atoms with Gasteiger partial charge in [0.25, 0.3) is 0 Å². The fraction of sp³-hybridized carbons (Fsp3) is 0.385. The van der Waals surface area contributed by atoms with E-state index in [0.717, 1.165) is 19.0 Å². The maximum Gasteiger partial charge on any atom is 0.147 e. The van der Waals surface area contributed by atoms with Gasteiger partial charge in [-0.15, -0.1) is 21.8 Å². The molecule has 2 rings (SSSR count). The normalized spacial score (nSPS) is 10.9. The van der Waals surface area contributed by atoms with Crippen molar-refractivity contribution >= 4 is 11.6 Å². The summed E-state index contributed by atoms with van der Waals surface area (Å²) in [5, 5.41) is 8.01. The van der Waals surface area contributed by atoms with Crippen LogP contribution in [0.2, 0.25) is 0 Å². The Hall–Kier alpha value is -1.49. The Morgan fingerprint density at radius 1 is 1.21 bits per heavy atom. The summed E-state index contributed by atoms with van der Waals surface area (Å²) in [6.45, 7) is 2.76. The zero-order chi connectivity index (χ0) is 13.8. The summed E-state index contributed by atoms with van der Waals surface area (Å²) in [6.07, 6.45) is 1.18. The van der Waals surface area contributed by atoms with Crippen LogP contribution in [0.25, 0.3) is 0 Å². The number of halogens is 3. The zero-order valence-corrected chi connectivity index (χ0v) is 11.3. The van der Waals surface area contributed by atoms with Gasteiger partial charge in [-0.25, -0.2) is 8.78 Å². The van der Waals surface area contributed by atoms with Gasteiger partial charge in [0, 0.05) is 19.0 Å². The number of aromatic nitrogens is 3. The summed E-state index contributed by atoms with van der Waals surface area (Å²) in [6, 6.07) is 3.54. The van der Waals surface area contributed by atoms with Gasteiger partial charge in [-0.2, -0.15) is 0 Å². The highest BCUT2D eigenvalue weighted by Crippen LogP contribution is 2.15. The molecule has 0 unspecified atom stereocenters. The van der Waals surface area contributed by atoms with Gasteiger partial charge in [-0.1, -0.05) is 13.0 Å². The molecule has 2 aromatic rings. The molecule has 19 heavy (non-hydrogen) atoms. The molecule has 1 aromatic heterocycles. The van der Waals surface area contributed by atoms with E-state index in [1.54, 1.807) is 0 Å². The van der Waals surface area contributed by atoms with Crippen molar-refractivity contribution < 1.29 is 8.78 Å². The fourth-order valence-electron chi connectivity index (χ4n) is 1.92. The highest BCUT2D eigenvalue weighted by atomic mass is 35.5. The second kappa shape index (κ2) is 6.10. The molecule has 102 valence electrons. The van der Waals surface area contributed by atoms with Crippen LogP contribution in [0.1, 0.15) is 30.6 Å². The molecule has 6 heteroatoms. The summed E-state index contributed by atoms with van der Waals surface area (Å²) in [4.78, 5) is 0. The van der Waals surface area contributed by atoms with E-state index in [0.29, 0.717) is 17.2 Å². The maximum atomic E-state index is 13.6. The van der Waals surface area contributed by atoms with Gasteiger partial charge in [0.2, 0.25) is 0 Å². The van der Waals surface area contributed by atoms with Gasteiger partial charge >= 0.3 is 0 Å². The zero-order valence-electron chi connectivity index (χ0n) is 10.5. The molecule has 0 aliphatic rings. The third-order valence-corrected chi connectivity index (χ3v) is 3.07. The lowest BCUT2D eigenvalue weighted by atomic mass is 10.1. The Bertz CT molecular complexity index is 569. The minimum Gasteiger partial charge on any atom is -0.314 e. The molecular weight excluding hydrogens is 272 g/mol. The second-order valence-corrected chi connectivity index (χ2v) is 4.50. The first kappa shape index (κ1) is 13.9. The average Bonchev–Trinajstić information content (AvgIpc) is 2.76. The van der Waals surface area contributed by atoms with Crippen LogP contribution in [0.3, 0.4) is 0 Å². The Labute approximate surface area is 115 Å². The smallest absolute Gasteiger partial charge is 0.147 e. The van der Waals surface area contributed by atoms with E-state index in [1.165, 1.54) is 12.1 Å². The topological polar surface area (TPSA) is 30.7 Å². The average molecular weight is 286 g/mol. The Balaban J connectivity index is 2.29. The van der Waals surface area contributed by atoms with Crippen molar-refractivity contribution in [3.63, 3.8) is 0 Å². The standard InChI is InChI=1S/C13H14ClF2N3/c1-2-5-19-12(17-18-13(19)8-14)6-9-3-4-10(15)7-11(9)16/h3-4,7H,2,5-6,8H2,1H3. The fourth-order valence-corrected chi connectivity index (χ4v) is 2.12. The number of rotatable bonds is 5. The van der Waals surface area contributed by atoms with Gasteiger partial charge in [0.15, 0.2) is 0 Å². The highest BCUT2D eigenvalue weighted by Gasteiger charge is 2.13. The first-order chi connectivity index (χ1) is 9.15. The lowest BCUT2D eigenvalue weighted by molar-refractivity contribution is 0.569. The summed E-state index contributed by atoms with van der Waals surface area (Å²) < 4.78 is 28.4. The predicted octanol–water partition coefficient (Wildman–Crippen LogP) is 3.30. The van der Waals surface area contributed by atoms with Crippen molar-refractivity contribution in [2.75, 3.05) is 0 Å². The highest BCUT2D eigenvalue weighted by molar-refractivity contribution is 6.16. The van der Waals surface area contributed by atoms with Crippen LogP contribution >= 0.6 is 11.6 Å². The molecule has 0 bridgehead atoms. The molecule has 0 aliphatic carbocycles. The number of hydrogen-bond donors (Lipinski definition) is 0. The summed E-state index contributed by atoms with van der Waals surface area (Å²) in [5.41, 5.74) is 0.396. The minimum atomic E-state index is -0.585. The first-order valence-corrected chi connectivity index (χ1v) is 6.60. The van der Waals surface area contributed by atoms with Crippen molar-refractivity contribution in [2.45, 2.75) is 32.2 Å².